The van der Waals surface area contributed by atoms with Gasteiger partial charge in [-0.25, -0.2) is 4.79 Å². The number of amides is 2. The highest BCUT2D eigenvalue weighted by molar-refractivity contribution is 5.94. The van der Waals surface area contributed by atoms with Crippen LogP contribution in [0.25, 0.3) is 0 Å². The van der Waals surface area contributed by atoms with Gasteiger partial charge in [-0.2, -0.15) is 0 Å². The molecule has 0 aromatic heterocycles. The fourth-order valence-corrected chi connectivity index (χ4v) is 4.77. The summed E-state index contributed by atoms with van der Waals surface area (Å²) in [5.41, 5.74) is 1.39. The van der Waals surface area contributed by atoms with E-state index >= 15 is 0 Å². The van der Waals surface area contributed by atoms with Crippen molar-refractivity contribution in [2.24, 2.45) is 0 Å². The predicted octanol–water partition coefficient (Wildman–Crippen LogP) is 4.47. The van der Waals surface area contributed by atoms with E-state index in [1.54, 1.807) is 11.8 Å². The fraction of sp³-hybridized carbons (Fsp3) is 0.444. The van der Waals surface area contributed by atoms with Gasteiger partial charge in [0, 0.05) is 30.9 Å². The average Bonchev–Trinajstić information content (AvgIpc) is 3.05. The Balaban J connectivity index is 1.55. The molecule has 180 valence electrons. The number of piperidine rings is 1. The minimum atomic E-state index is -0.695. The lowest BCUT2D eigenvalue weighted by Gasteiger charge is -2.43. The molecule has 0 unspecified atom stereocenters. The number of rotatable bonds is 4. The number of likely N-dealkylation sites (tertiary alicyclic amines) is 1. The highest BCUT2D eigenvalue weighted by atomic mass is 16.6. The second-order valence-corrected chi connectivity index (χ2v) is 10.2. The molecule has 1 spiro atoms. The lowest BCUT2D eigenvalue weighted by atomic mass is 9.85. The van der Waals surface area contributed by atoms with Gasteiger partial charge in [0.1, 0.15) is 11.1 Å². The van der Waals surface area contributed by atoms with E-state index in [1.807, 2.05) is 80.3 Å². The molecular formula is C27H33N3O4. The summed E-state index contributed by atoms with van der Waals surface area (Å²) < 4.78 is 5.55. The van der Waals surface area contributed by atoms with Gasteiger partial charge in [-0.3, -0.25) is 9.59 Å². The highest BCUT2D eigenvalue weighted by Crippen LogP contribution is 2.40. The highest BCUT2D eigenvalue weighted by Gasteiger charge is 2.54. The Hall–Kier alpha value is -3.35. The molecule has 4 rings (SSSR count). The molecule has 2 aromatic carbocycles. The molecular weight excluding hydrogens is 430 g/mol. The van der Waals surface area contributed by atoms with E-state index in [0.717, 1.165) is 11.3 Å². The van der Waals surface area contributed by atoms with Crippen molar-refractivity contribution in [1.82, 2.24) is 9.80 Å². The van der Waals surface area contributed by atoms with E-state index in [4.69, 9.17) is 4.74 Å². The molecule has 2 heterocycles. The quantitative estimate of drug-likeness (QED) is 0.626. The number of carbonyl (C=O) groups is 3. The van der Waals surface area contributed by atoms with Crippen molar-refractivity contribution >= 4 is 23.5 Å². The number of para-hydroxylation sites is 1. The van der Waals surface area contributed by atoms with E-state index in [2.05, 4.69) is 4.90 Å². The molecule has 0 radical (unpaired) electrons. The van der Waals surface area contributed by atoms with Crippen molar-refractivity contribution in [2.45, 2.75) is 58.2 Å². The number of nitrogens with zero attached hydrogens (tertiary/aromatic N) is 3. The summed E-state index contributed by atoms with van der Waals surface area (Å²) in [5.74, 6) is 0.102. The molecule has 2 aliphatic rings. The molecule has 0 N–H and O–H groups in total. The van der Waals surface area contributed by atoms with Crippen LogP contribution >= 0.6 is 0 Å². The van der Waals surface area contributed by atoms with E-state index < -0.39 is 11.1 Å². The SMILES string of the molecule is CC(=O)c1ccc(CN2CN(c3ccccc3)C3(CCN(C(=O)OC(C)(C)C)CC3)C2=O)cc1. The minimum Gasteiger partial charge on any atom is -0.444 e. The van der Waals surface area contributed by atoms with Crippen LogP contribution in [0.5, 0.6) is 0 Å². The smallest absolute Gasteiger partial charge is 0.410 e. The monoisotopic (exact) mass is 463 g/mol. The Morgan fingerprint density at radius 2 is 1.59 bits per heavy atom. The topological polar surface area (TPSA) is 70.2 Å². The lowest BCUT2D eigenvalue weighted by Crippen LogP contribution is -2.57. The molecule has 34 heavy (non-hydrogen) atoms. The van der Waals surface area contributed by atoms with Crippen LogP contribution in [0.15, 0.2) is 54.6 Å². The Morgan fingerprint density at radius 3 is 2.15 bits per heavy atom. The van der Waals surface area contributed by atoms with Crippen LogP contribution in [0.4, 0.5) is 10.5 Å². The van der Waals surface area contributed by atoms with Crippen LogP contribution in [-0.4, -0.2) is 58.5 Å². The maximum atomic E-state index is 13.8. The van der Waals surface area contributed by atoms with Gasteiger partial charge in [-0.15, -0.1) is 0 Å². The number of Topliss-reactive ketones (excluding diaryl/α,β-unsaturated/α-hetero) is 1. The van der Waals surface area contributed by atoms with Gasteiger partial charge in [0.15, 0.2) is 5.78 Å². The molecule has 0 saturated carbocycles. The third-order valence-corrected chi connectivity index (χ3v) is 6.56. The van der Waals surface area contributed by atoms with Gasteiger partial charge >= 0.3 is 6.09 Å². The van der Waals surface area contributed by atoms with Crippen LogP contribution in [-0.2, 0) is 16.1 Å². The van der Waals surface area contributed by atoms with Crippen LogP contribution in [0.1, 0.15) is 56.5 Å². The van der Waals surface area contributed by atoms with Crippen LogP contribution in [0.2, 0.25) is 0 Å². The van der Waals surface area contributed by atoms with Gasteiger partial charge in [0.25, 0.3) is 0 Å². The summed E-state index contributed by atoms with van der Waals surface area (Å²) in [5, 5.41) is 0. The molecule has 7 heteroatoms. The molecule has 2 fully saturated rings. The molecule has 2 amide bonds. The first-order chi connectivity index (χ1) is 16.1. The summed E-state index contributed by atoms with van der Waals surface area (Å²) in [6.07, 6.45) is 0.751. The van der Waals surface area contributed by atoms with Crippen LogP contribution in [0.3, 0.4) is 0 Å². The Kier molecular flexibility index (Phi) is 6.39. The fourth-order valence-electron chi connectivity index (χ4n) is 4.77. The summed E-state index contributed by atoms with van der Waals surface area (Å²) in [6.45, 7) is 8.99. The predicted molar refractivity (Wildman–Crippen MR) is 131 cm³/mol. The van der Waals surface area contributed by atoms with Gasteiger partial charge in [0.05, 0.1) is 6.67 Å². The van der Waals surface area contributed by atoms with Gasteiger partial charge in [-0.1, -0.05) is 42.5 Å². The molecule has 2 aliphatic heterocycles. The summed E-state index contributed by atoms with van der Waals surface area (Å²) in [7, 11) is 0. The lowest BCUT2D eigenvalue weighted by molar-refractivity contribution is -0.134. The van der Waals surface area contributed by atoms with Crippen molar-refractivity contribution in [3.63, 3.8) is 0 Å². The first-order valence-electron chi connectivity index (χ1n) is 11.8. The van der Waals surface area contributed by atoms with E-state index in [1.165, 1.54) is 0 Å². The van der Waals surface area contributed by atoms with E-state index in [9.17, 15) is 14.4 Å². The van der Waals surface area contributed by atoms with Gasteiger partial charge in [-0.05, 0) is 58.2 Å². The minimum absolute atomic E-state index is 0.0229. The van der Waals surface area contributed by atoms with E-state index in [-0.39, 0.29) is 17.8 Å². The third-order valence-electron chi connectivity index (χ3n) is 6.56. The number of anilines is 1. The standard InChI is InChI=1S/C27H33N3O4/c1-20(31)22-12-10-21(11-13-22)18-29-19-30(23-8-6-5-7-9-23)27(24(29)32)14-16-28(17-15-27)25(33)34-26(2,3)4/h5-13H,14-19H2,1-4H3. The summed E-state index contributed by atoms with van der Waals surface area (Å²) >= 11 is 0. The first-order valence-corrected chi connectivity index (χ1v) is 11.8. The number of hydrogen-bond donors (Lipinski definition) is 0. The zero-order valence-corrected chi connectivity index (χ0v) is 20.4. The maximum absolute atomic E-state index is 13.8. The number of hydrogen-bond acceptors (Lipinski definition) is 5. The Bertz CT molecular complexity index is 1050. The Labute approximate surface area is 201 Å². The Morgan fingerprint density at radius 1 is 0.971 bits per heavy atom. The molecule has 7 nitrogen and oxygen atoms in total. The van der Waals surface area contributed by atoms with E-state index in [0.29, 0.717) is 44.7 Å². The number of ether oxygens (including phenoxy) is 1. The number of ketones is 1. The third kappa shape index (κ3) is 4.79. The maximum Gasteiger partial charge on any atom is 0.410 e. The normalized spacial score (nSPS) is 17.9. The summed E-state index contributed by atoms with van der Waals surface area (Å²) in [4.78, 5) is 43.8. The van der Waals surface area contributed by atoms with Crippen molar-refractivity contribution in [1.29, 1.82) is 0 Å². The second-order valence-electron chi connectivity index (χ2n) is 10.2. The zero-order chi connectivity index (χ0) is 24.5. The second kappa shape index (κ2) is 9.12. The molecule has 0 aliphatic carbocycles. The average molecular weight is 464 g/mol. The number of benzene rings is 2. The number of carbonyl (C=O) groups excluding carboxylic acids is 3. The molecule has 2 aromatic rings. The van der Waals surface area contributed by atoms with Crippen molar-refractivity contribution < 1.29 is 19.1 Å². The zero-order valence-electron chi connectivity index (χ0n) is 20.4. The molecule has 2 saturated heterocycles. The van der Waals surface area contributed by atoms with Crippen molar-refractivity contribution in [3.05, 3.63) is 65.7 Å². The van der Waals surface area contributed by atoms with Crippen molar-refractivity contribution in [3.8, 4) is 0 Å². The van der Waals surface area contributed by atoms with Crippen molar-refractivity contribution in [2.75, 3.05) is 24.7 Å². The van der Waals surface area contributed by atoms with Gasteiger partial charge in [0.2, 0.25) is 5.91 Å². The first kappa shape index (κ1) is 23.8. The summed E-state index contributed by atoms with van der Waals surface area (Å²) in [6, 6.07) is 17.4. The molecule has 0 atom stereocenters. The molecule has 0 bridgehead atoms. The van der Waals surface area contributed by atoms with Gasteiger partial charge < -0.3 is 19.4 Å². The largest absolute Gasteiger partial charge is 0.444 e. The van der Waals surface area contributed by atoms with Crippen LogP contribution in [0, 0.1) is 0 Å². The van der Waals surface area contributed by atoms with Crippen LogP contribution < -0.4 is 4.90 Å².